The zero-order valence-corrected chi connectivity index (χ0v) is 13.6. The third kappa shape index (κ3) is 4.49. The van der Waals surface area contributed by atoms with Crippen molar-refractivity contribution in [3.05, 3.63) is 23.3 Å². The summed E-state index contributed by atoms with van der Waals surface area (Å²) in [7, 11) is 5.73. The fraction of sp³-hybridized carbons (Fsp3) is 0.688. The number of hydrogen-bond acceptors (Lipinski definition) is 4. The summed E-state index contributed by atoms with van der Waals surface area (Å²) in [5.41, 5.74) is 1.99. The van der Waals surface area contributed by atoms with Gasteiger partial charge in [0.2, 0.25) is 5.91 Å². The largest absolute Gasteiger partial charge is 0.349 e. The number of aryl methyl sites for hydroxylation is 2. The van der Waals surface area contributed by atoms with Crippen molar-refractivity contribution in [2.24, 2.45) is 0 Å². The van der Waals surface area contributed by atoms with Gasteiger partial charge in [-0.15, -0.1) is 0 Å². The molecule has 0 aliphatic carbocycles. The minimum Gasteiger partial charge on any atom is -0.349 e. The number of likely N-dealkylation sites (tertiary alicyclic amines) is 1. The second-order valence-electron chi connectivity index (χ2n) is 6.25. The molecule has 5 nitrogen and oxygen atoms in total. The van der Waals surface area contributed by atoms with Crippen LogP contribution in [0.25, 0.3) is 0 Å². The van der Waals surface area contributed by atoms with Crippen LogP contribution in [0.5, 0.6) is 0 Å². The predicted octanol–water partition coefficient (Wildman–Crippen LogP) is 1.62. The topological polar surface area (TPSA) is 49.3 Å². The average Bonchev–Trinajstić information content (AvgIpc) is 2.44. The Morgan fingerprint density at radius 3 is 2.86 bits per heavy atom. The van der Waals surface area contributed by atoms with Crippen LogP contribution in [0.2, 0.25) is 0 Å². The summed E-state index contributed by atoms with van der Waals surface area (Å²) in [6, 6.07) is 2.00. The van der Waals surface area contributed by atoms with E-state index in [0.29, 0.717) is 18.8 Å². The molecule has 21 heavy (non-hydrogen) atoms. The summed E-state index contributed by atoms with van der Waals surface area (Å²) < 4.78 is 0. The van der Waals surface area contributed by atoms with Crippen LogP contribution in [0.3, 0.4) is 0 Å². The van der Waals surface area contributed by atoms with Crippen molar-refractivity contribution in [3.8, 4) is 0 Å². The molecule has 1 amide bonds. The number of likely N-dealkylation sites (N-methyl/N-ethyl adjacent to an activating group) is 1. The fourth-order valence-corrected chi connectivity index (χ4v) is 2.80. The molecule has 0 aromatic carbocycles. The van der Waals surface area contributed by atoms with E-state index in [9.17, 15) is 4.79 Å². The van der Waals surface area contributed by atoms with Crippen molar-refractivity contribution in [3.63, 3.8) is 0 Å². The van der Waals surface area contributed by atoms with Crippen molar-refractivity contribution in [1.82, 2.24) is 19.8 Å². The molecular formula is C16H26N4O. The van der Waals surface area contributed by atoms with Crippen LogP contribution in [0.4, 0.5) is 0 Å². The molecule has 0 saturated carbocycles. The summed E-state index contributed by atoms with van der Waals surface area (Å²) >= 11 is 0. The first kappa shape index (κ1) is 15.9. The molecule has 0 bridgehead atoms. The first-order valence-corrected chi connectivity index (χ1v) is 7.69. The standard InChI is InChI=1S/C16H26N4O/c1-12-10-14(7-8-15(21)19(2)3)18-16(17-12)13-6-5-9-20(4)11-13/h10,13H,5-9,11H2,1-4H3. The van der Waals surface area contributed by atoms with Gasteiger partial charge in [0, 0.05) is 44.4 Å². The van der Waals surface area contributed by atoms with Crippen molar-refractivity contribution in [2.75, 3.05) is 34.2 Å². The molecule has 0 radical (unpaired) electrons. The lowest BCUT2D eigenvalue weighted by molar-refractivity contribution is -0.128. The lowest BCUT2D eigenvalue weighted by atomic mass is 9.97. The molecular weight excluding hydrogens is 264 g/mol. The number of piperidine rings is 1. The Hall–Kier alpha value is -1.49. The van der Waals surface area contributed by atoms with E-state index in [2.05, 4.69) is 16.9 Å². The van der Waals surface area contributed by atoms with Crippen molar-refractivity contribution >= 4 is 5.91 Å². The highest BCUT2D eigenvalue weighted by Gasteiger charge is 2.22. The average molecular weight is 290 g/mol. The van der Waals surface area contributed by atoms with Crippen LogP contribution in [0.1, 0.15) is 42.4 Å². The minimum absolute atomic E-state index is 0.144. The van der Waals surface area contributed by atoms with Gasteiger partial charge in [-0.05, 0) is 45.8 Å². The molecule has 1 atom stereocenters. The molecule has 1 aliphatic heterocycles. The van der Waals surface area contributed by atoms with Crippen LogP contribution >= 0.6 is 0 Å². The minimum atomic E-state index is 0.144. The maximum atomic E-state index is 11.7. The lowest BCUT2D eigenvalue weighted by Gasteiger charge is -2.28. The highest BCUT2D eigenvalue weighted by atomic mass is 16.2. The van der Waals surface area contributed by atoms with Crippen LogP contribution in [-0.2, 0) is 11.2 Å². The quantitative estimate of drug-likeness (QED) is 0.845. The Kier molecular flexibility index (Phi) is 5.28. The molecule has 1 saturated heterocycles. The van der Waals surface area contributed by atoms with Gasteiger partial charge in [-0.3, -0.25) is 4.79 Å². The van der Waals surface area contributed by atoms with Gasteiger partial charge in [0.05, 0.1) is 0 Å². The van der Waals surface area contributed by atoms with Gasteiger partial charge in [0.25, 0.3) is 0 Å². The molecule has 1 unspecified atom stereocenters. The van der Waals surface area contributed by atoms with Crippen LogP contribution in [-0.4, -0.2) is 59.9 Å². The Morgan fingerprint density at radius 1 is 1.43 bits per heavy atom. The van der Waals surface area contributed by atoms with E-state index in [1.54, 1.807) is 19.0 Å². The molecule has 5 heteroatoms. The van der Waals surface area contributed by atoms with E-state index < -0.39 is 0 Å². The molecule has 1 fully saturated rings. The smallest absolute Gasteiger partial charge is 0.222 e. The summed E-state index contributed by atoms with van der Waals surface area (Å²) in [6.45, 7) is 4.20. The SMILES string of the molecule is Cc1cc(CCC(=O)N(C)C)nc(C2CCCN(C)C2)n1. The Balaban J connectivity index is 2.08. The number of aromatic nitrogens is 2. The normalized spacial score (nSPS) is 19.5. The molecule has 2 rings (SSSR count). The molecule has 116 valence electrons. The van der Waals surface area contributed by atoms with Gasteiger partial charge in [-0.25, -0.2) is 9.97 Å². The van der Waals surface area contributed by atoms with Crippen LogP contribution in [0.15, 0.2) is 6.07 Å². The zero-order chi connectivity index (χ0) is 15.4. The first-order chi connectivity index (χ1) is 9.95. The molecule has 1 aromatic heterocycles. The van der Waals surface area contributed by atoms with E-state index in [0.717, 1.165) is 36.7 Å². The first-order valence-electron chi connectivity index (χ1n) is 7.69. The number of nitrogens with zero attached hydrogens (tertiary/aromatic N) is 4. The third-order valence-electron chi connectivity index (χ3n) is 4.01. The van der Waals surface area contributed by atoms with Crippen molar-refractivity contribution in [1.29, 1.82) is 0 Å². The molecule has 0 spiro atoms. The molecule has 1 aromatic rings. The van der Waals surface area contributed by atoms with Gasteiger partial charge in [-0.2, -0.15) is 0 Å². The van der Waals surface area contributed by atoms with Crippen LogP contribution < -0.4 is 0 Å². The molecule has 1 aliphatic rings. The van der Waals surface area contributed by atoms with Crippen molar-refractivity contribution in [2.45, 2.75) is 38.5 Å². The summed E-state index contributed by atoms with van der Waals surface area (Å²) in [4.78, 5) is 25.0. The van der Waals surface area contributed by atoms with Gasteiger partial charge in [0.15, 0.2) is 0 Å². The number of carbonyl (C=O) groups excluding carboxylic acids is 1. The second kappa shape index (κ2) is 6.98. The summed E-state index contributed by atoms with van der Waals surface area (Å²) in [5, 5.41) is 0. The van der Waals surface area contributed by atoms with Gasteiger partial charge >= 0.3 is 0 Å². The third-order valence-corrected chi connectivity index (χ3v) is 4.01. The lowest BCUT2D eigenvalue weighted by Crippen LogP contribution is -2.32. The zero-order valence-electron chi connectivity index (χ0n) is 13.6. The van der Waals surface area contributed by atoms with Gasteiger partial charge < -0.3 is 9.80 Å². The number of amides is 1. The van der Waals surface area contributed by atoms with E-state index in [1.165, 1.54) is 6.42 Å². The van der Waals surface area contributed by atoms with E-state index in [4.69, 9.17) is 4.98 Å². The summed E-state index contributed by atoms with van der Waals surface area (Å²) in [6.07, 6.45) is 3.56. The fourth-order valence-electron chi connectivity index (χ4n) is 2.80. The Bertz CT molecular complexity index is 501. The predicted molar refractivity (Wildman–Crippen MR) is 83.3 cm³/mol. The highest BCUT2D eigenvalue weighted by Crippen LogP contribution is 2.24. The van der Waals surface area contributed by atoms with E-state index in [1.807, 2.05) is 13.0 Å². The van der Waals surface area contributed by atoms with E-state index >= 15 is 0 Å². The van der Waals surface area contributed by atoms with Gasteiger partial charge in [-0.1, -0.05) is 0 Å². The Labute approximate surface area is 127 Å². The van der Waals surface area contributed by atoms with Crippen LogP contribution in [0, 0.1) is 6.92 Å². The van der Waals surface area contributed by atoms with Crippen molar-refractivity contribution < 1.29 is 4.79 Å². The number of rotatable bonds is 4. The molecule has 0 N–H and O–H groups in total. The molecule has 2 heterocycles. The summed E-state index contributed by atoms with van der Waals surface area (Å²) in [5.74, 6) is 1.52. The maximum Gasteiger partial charge on any atom is 0.222 e. The number of hydrogen-bond donors (Lipinski definition) is 0. The monoisotopic (exact) mass is 290 g/mol. The van der Waals surface area contributed by atoms with E-state index in [-0.39, 0.29) is 5.91 Å². The number of carbonyl (C=O) groups is 1. The van der Waals surface area contributed by atoms with Gasteiger partial charge in [0.1, 0.15) is 5.82 Å². The second-order valence-corrected chi connectivity index (χ2v) is 6.25. The Morgan fingerprint density at radius 2 is 2.19 bits per heavy atom. The maximum absolute atomic E-state index is 11.7. The highest BCUT2D eigenvalue weighted by molar-refractivity contribution is 5.75.